The topological polar surface area (TPSA) is 67.6 Å². The van der Waals surface area contributed by atoms with E-state index in [4.69, 9.17) is 5.14 Å². The summed E-state index contributed by atoms with van der Waals surface area (Å²) in [6.07, 6.45) is 3.58. The van der Waals surface area contributed by atoms with Crippen molar-refractivity contribution in [1.29, 1.82) is 0 Å². The fourth-order valence-corrected chi connectivity index (χ4v) is 3.82. The maximum Gasteiger partial charge on any atom is 0.100 e. The van der Waals surface area contributed by atoms with Crippen LogP contribution < -0.4 is 5.14 Å². The Morgan fingerprint density at radius 3 is 2.26 bits per heavy atom. The molecular weight excluding hydrogens is 352 g/mol. The number of nitrogens with two attached hydrogens (primary N) is 1. The van der Waals surface area contributed by atoms with Crippen LogP contribution in [-0.4, -0.2) is 15.2 Å². The van der Waals surface area contributed by atoms with Gasteiger partial charge in [0.2, 0.25) is 0 Å². The van der Waals surface area contributed by atoms with Gasteiger partial charge in [0, 0.05) is 34.1 Å². The van der Waals surface area contributed by atoms with Crippen LogP contribution in [0.5, 0.6) is 0 Å². The average molecular weight is 372 g/mol. The van der Waals surface area contributed by atoms with Crippen LogP contribution in [0.25, 0.3) is 33.5 Å². The molecule has 4 rings (SSSR count). The Bertz CT molecular complexity index is 1070. The van der Waals surface area contributed by atoms with Crippen LogP contribution in [0, 0.1) is 13.8 Å². The van der Waals surface area contributed by atoms with Crippen LogP contribution >= 0.6 is 11.9 Å². The minimum absolute atomic E-state index is 0.945. The number of benzene rings is 2. The zero-order valence-corrected chi connectivity index (χ0v) is 16.0. The van der Waals surface area contributed by atoms with E-state index in [2.05, 4.69) is 52.4 Å². The second-order valence-corrected chi connectivity index (χ2v) is 7.11. The first-order valence-corrected chi connectivity index (χ1v) is 9.59. The van der Waals surface area contributed by atoms with E-state index in [1.165, 1.54) is 28.6 Å². The molecule has 0 saturated heterocycles. The van der Waals surface area contributed by atoms with Crippen molar-refractivity contribution in [2.75, 3.05) is 0 Å². The molecule has 0 amide bonds. The Labute approximate surface area is 163 Å². The Morgan fingerprint density at radius 2 is 1.56 bits per heavy atom. The summed E-state index contributed by atoms with van der Waals surface area (Å²) in [5.74, 6) is 0. The normalized spacial score (nSPS) is 10.9. The third-order valence-corrected chi connectivity index (χ3v) is 5.49. The zero-order chi connectivity index (χ0) is 18.8. The van der Waals surface area contributed by atoms with Gasteiger partial charge in [0.15, 0.2) is 0 Å². The second-order valence-electron chi connectivity index (χ2n) is 6.43. The van der Waals surface area contributed by atoms with Gasteiger partial charge >= 0.3 is 0 Å². The third kappa shape index (κ3) is 3.27. The Hall–Kier alpha value is -2.89. The van der Waals surface area contributed by atoms with Crippen molar-refractivity contribution in [3.05, 3.63) is 78.2 Å². The minimum Gasteiger partial charge on any atom is -0.282 e. The van der Waals surface area contributed by atoms with Gasteiger partial charge in [-0.25, -0.2) is 0 Å². The molecule has 0 saturated carbocycles. The molecule has 0 aliphatic rings. The predicted molar refractivity (Wildman–Crippen MR) is 112 cm³/mol. The number of nitrogens with zero attached hydrogens (tertiary/aromatic N) is 2. The number of hydrogen-bond donors (Lipinski definition) is 2. The molecule has 2 aromatic heterocycles. The average Bonchev–Trinajstić information content (AvgIpc) is 3.10. The van der Waals surface area contributed by atoms with Crippen LogP contribution in [0.3, 0.4) is 0 Å². The van der Waals surface area contributed by atoms with Gasteiger partial charge < -0.3 is 0 Å². The van der Waals surface area contributed by atoms with Gasteiger partial charge in [-0.2, -0.15) is 5.10 Å². The standard InChI is InChI=1S/C22H20N4S/c1-14-19(4-3-5-20(14)27-23)16-6-8-17(9-7-16)21-15(2)25-26-22(21)18-10-12-24-13-11-18/h3-13H,23H2,1-2H3,(H,25,26). The molecule has 0 bridgehead atoms. The van der Waals surface area contributed by atoms with Crippen molar-refractivity contribution < 1.29 is 0 Å². The summed E-state index contributed by atoms with van der Waals surface area (Å²) in [4.78, 5) is 5.20. The van der Waals surface area contributed by atoms with E-state index >= 15 is 0 Å². The summed E-state index contributed by atoms with van der Waals surface area (Å²) < 4.78 is 0. The summed E-state index contributed by atoms with van der Waals surface area (Å²) in [6.45, 7) is 4.16. The fraction of sp³-hybridized carbons (Fsp3) is 0.0909. The first-order valence-electron chi connectivity index (χ1n) is 8.71. The van der Waals surface area contributed by atoms with Crippen molar-refractivity contribution in [2.24, 2.45) is 5.14 Å². The lowest BCUT2D eigenvalue weighted by atomic mass is 9.95. The summed E-state index contributed by atoms with van der Waals surface area (Å²) in [5, 5.41) is 13.4. The quantitative estimate of drug-likeness (QED) is 0.471. The van der Waals surface area contributed by atoms with Crippen LogP contribution in [0.15, 0.2) is 71.9 Å². The van der Waals surface area contributed by atoms with E-state index in [-0.39, 0.29) is 0 Å². The molecule has 27 heavy (non-hydrogen) atoms. The van der Waals surface area contributed by atoms with Crippen LogP contribution in [0.1, 0.15) is 11.3 Å². The van der Waals surface area contributed by atoms with E-state index in [1.54, 1.807) is 12.4 Å². The number of aryl methyl sites for hydroxylation is 1. The van der Waals surface area contributed by atoms with Gasteiger partial charge in [-0.1, -0.05) is 36.4 Å². The summed E-state index contributed by atoms with van der Waals surface area (Å²) >= 11 is 1.29. The summed E-state index contributed by atoms with van der Waals surface area (Å²) in [7, 11) is 0. The molecule has 0 atom stereocenters. The number of H-pyrrole nitrogens is 1. The summed E-state index contributed by atoms with van der Waals surface area (Å²) in [6, 6.07) is 18.8. The number of rotatable bonds is 4. The highest BCUT2D eigenvalue weighted by molar-refractivity contribution is 7.97. The number of hydrogen-bond acceptors (Lipinski definition) is 4. The van der Waals surface area contributed by atoms with Crippen molar-refractivity contribution in [3.63, 3.8) is 0 Å². The molecule has 0 fully saturated rings. The fourth-order valence-electron chi connectivity index (χ4n) is 3.37. The third-order valence-electron chi connectivity index (χ3n) is 4.80. The lowest BCUT2D eigenvalue weighted by Crippen LogP contribution is -1.90. The molecule has 5 heteroatoms. The monoisotopic (exact) mass is 372 g/mol. The zero-order valence-electron chi connectivity index (χ0n) is 15.2. The van der Waals surface area contributed by atoms with Crippen LogP contribution in [0.4, 0.5) is 0 Å². The van der Waals surface area contributed by atoms with E-state index in [9.17, 15) is 0 Å². The van der Waals surface area contributed by atoms with Gasteiger partial charge in [-0.05, 0) is 66.2 Å². The lowest BCUT2D eigenvalue weighted by Gasteiger charge is -2.11. The Balaban J connectivity index is 1.76. The van der Waals surface area contributed by atoms with Crippen molar-refractivity contribution in [3.8, 4) is 33.5 Å². The smallest absolute Gasteiger partial charge is 0.100 e. The lowest BCUT2D eigenvalue weighted by molar-refractivity contribution is 1.05. The molecule has 2 heterocycles. The predicted octanol–water partition coefficient (Wildman–Crippen LogP) is 5.39. The Morgan fingerprint density at radius 1 is 0.852 bits per heavy atom. The number of aromatic nitrogens is 3. The number of aromatic amines is 1. The van der Waals surface area contributed by atoms with E-state index in [0.29, 0.717) is 0 Å². The second kappa shape index (κ2) is 7.39. The van der Waals surface area contributed by atoms with Crippen molar-refractivity contribution >= 4 is 11.9 Å². The molecule has 0 spiro atoms. The molecule has 0 aliphatic carbocycles. The largest absolute Gasteiger partial charge is 0.282 e. The van der Waals surface area contributed by atoms with Gasteiger partial charge in [0.25, 0.3) is 0 Å². The molecule has 2 aromatic carbocycles. The highest BCUT2D eigenvalue weighted by Crippen LogP contribution is 2.35. The van der Waals surface area contributed by atoms with Crippen molar-refractivity contribution in [2.45, 2.75) is 18.7 Å². The van der Waals surface area contributed by atoms with Crippen molar-refractivity contribution in [1.82, 2.24) is 15.2 Å². The first kappa shape index (κ1) is 17.5. The highest BCUT2D eigenvalue weighted by Gasteiger charge is 2.14. The maximum absolute atomic E-state index is 5.78. The molecule has 4 nitrogen and oxygen atoms in total. The highest BCUT2D eigenvalue weighted by atomic mass is 32.2. The maximum atomic E-state index is 5.78. The van der Waals surface area contributed by atoms with Crippen LogP contribution in [0.2, 0.25) is 0 Å². The molecule has 3 N–H and O–H groups in total. The summed E-state index contributed by atoms with van der Waals surface area (Å²) in [5.41, 5.74) is 8.89. The first-order chi connectivity index (χ1) is 13.2. The number of nitrogens with one attached hydrogen (secondary N) is 1. The van der Waals surface area contributed by atoms with Gasteiger partial charge in [-0.15, -0.1) is 0 Å². The molecule has 0 radical (unpaired) electrons. The molecule has 0 unspecified atom stereocenters. The van der Waals surface area contributed by atoms with E-state index in [1.807, 2.05) is 31.2 Å². The SMILES string of the molecule is Cc1[nH]nc(-c2ccncc2)c1-c1ccc(-c2cccc(SN)c2C)cc1. The van der Waals surface area contributed by atoms with Crippen LogP contribution in [-0.2, 0) is 0 Å². The van der Waals surface area contributed by atoms with Gasteiger partial charge in [-0.3, -0.25) is 15.2 Å². The molecule has 0 aliphatic heterocycles. The minimum atomic E-state index is 0.945. The van der Waals surface area contributed by atoms with Gasteiger partial charge in [0.05, 0.1) is 0 Å². The molecule has 134 valence electrons. The number of pyridine rings is 1. The van der Waals surface area contributed by atoms with E-state index in [0.717, 1.165) is 33.0 Å². The Kier molecular flexibility index (Phi) is 4.79. The molecular formula is C22H20N4S. The van der Waals surface area contributed by atoms with Gasteiger partial charge in [0.1, 0.15) is 5.69 Å². The molecule has 4 aromatic rings. The van der Waals surface area contributed by atoms with E-state index < -0.39 is 0 Å².